The second-order valence-electron chi connectivity index (χ2n) is 6.36. The van der Waals surface area contributed by atoms with Gasteiger partial charge in [0.05, 0.1) is 6.54 Å². The molecule has 4 rings (SSSR count). The van der Waals surface area contributed by atoms with Crippen molar-refractivity contribution in [3.63, 3.8) is 0 Å². The van der Waals surface area contributed by atoms with Gasteiger partial charge in [0, 0.05) is 43.3 Å². The lowest BCUT2D eigenvalue weighted by Crippen LogP contribution is -2.33. The van der Waals surface area contributed by atoms with Crippen molar-refractivity contribution in [2.45, 2.75) is 32.5 Å². The van der Waals surface area contributed by atoms with Crippen LogP contribution in [0.15, 0.2) is 36.4 Å². The second-order valence-corrected chi connectivity index (χ2v) is 6.36. The minimum atomic E-state index is 1.04. The molecule has 21 heavy (non-hydrogen) atoms. The number of rotatable bonds is 2. The Bertz CT molecular complexity index is 644. The number of hydrogen-bond acceptors (Lipinski definition) is 2. The Hall–Kier alpha value is -1.74. The van der Waals surface area contributed by atoms with Crippen LogP contribution in [0.25, 0.3) is 0 Å². The number of para-hydroxylation sites is 1. The van der Waals surface area contributed by atoms with E-state index in [1.165, 1.54) is 42.0 Å². The van der Waals surface area contributed by atoms with Crippen molar-refractivity contribution in [2.75, 3.05) is 25.0 Å². The summed E-state index contributed by atoms with van der Waals surface area (Å²) in [4.78, 5) is 4.95. The van der Waals surface area contributed by atoms with Gasteiger partial charge in [-0.2, -0.15) is 0 Å². The van der Waals surface area contributed by atoms with E-state index in [4.69, 9.17) is 0 Å². The maximum Gasteiger partial charge on any atom is 0.0582 e. The van der Waals surface area contributed by atoms with Crippen LogP contribution in [0.5, 0.6) is 0 Å². The van der Waals surface area contributed by atoms with Crippen LogP contribution in [-0.2, 0) is 26.1 Å². The molecular formula is C18H23N3. The number of aromatic nitrogens is 1. The van der Waals surface area contributed by atoms with Gasteiger partial charge in [-0.1, -0.05) is 18.2 Å². The summed E-state index contributed by atoms with van der Waals surface area (Å²) in [5.74, 6) is 0. The molecule has 110 valence electrons. The molecule has 0 spiro atoms. The van der Waals surface area contributed by atoms with Gasteiger partial charge in [-0.15, -0.1) is 0 Å². The van der Waals surface area contributed by atoms with Crippen LogP contribution >= 0.6 is 0 Å². The molecule has 1 aromatic carbocycles. The van der Waals surface area contributed by atoms with Gasteiger partial charge in [0.25, 0.3) is 0 Å². The molecule has 1 aromatic heterocycles. The molecule has 2 aliphatic rings. The van der Waals surface area contributed by atoms with Crippen LogP contribution in [0.1, 0.15) is 23.4 Å². The molecule has 0 aliphatic carbocycles. The Labute approximate surface area is 126 Å². The molecule has 0 saturated heterocycles. The highest BCUT2D eigenvalue weighted by molar-refractivity contribution is 5.55. The zero-order chi connectivity index (χ0) is 14.2. The number of nitrogens with zero attached hydrogens (tertiary/aromatic N) is 3. The summed E-state index contributed by atoms with van der Waals surface area (Å²) in [6.45, 7) is 5.59. The molecular weight excluding hydrogens is 258 g/mol. The molecule has 0 radical (unpaired) electrons. The summed E-state index contributed by atoms with van der Waals surface area (Å²) in [5.41, 5.74) is 5.87. The van der Waals surface area contributed by atoms with Gasteiger partial charge in [0.1, 0.15) is 0 Å². The van der Waals surface area contributed by atoms with Gasteiger partial charge < -0.3 is 9.47 Å². The highest BCUT2D eigenvalue weighted by atomic mass is 15.2. The molecule has 0 fully saturated rings. The van der Waals surface area contributed by atoms with E-state index in [0.29, 0.717) is 0 Å². The minimum Gasteiger partial charge on any atom is -0.365 e. The Morgan fingerprint density at radius 1 is 1.00 bits per heavy atom. The number of anilines is 1. The van der Waals surface area contributed by atoms with Crippen molar-refractivity contribution >= 4 is 5.69 Å². The monoisotopic (exact) mass is 281 g/mol. The Balaban J connectivity index is 1.60. The minimum absolute atomic E-state index is 1.04. The van der Waals surface area contributed by atoms with E-state index < -0.39 is 0 Å². The smallest absolute Gasteiger partial charge is 0.0582 e. The van der Waals surface area contributed by atoms with Gasteiger partial charge in [-0.05, 0) is 43.7 Å². The summed E-state index contributed by atoms with van der Waals surface area (Å²) in [5, 5.41) is 0. The SMILES string of the molecule is CN1CCn2c(ccc2CN2CCCc3ccccc32)C1. The van der Waals surface area contributed by atoms with Crippen molar-refractivity contribution in [2.24, 2.45) is 0 Å². The lowest BCUT2D eigenvalue weighted by atomic mass is 10.0. The number of likely N-dealkylation sites (N-methyl/N-ethyl adjacent to an activating group) is 1. The molecule has 2 aliphatic heterocycles. The normalized spacial score (nSPS) is 18.4. The van der Waals surface area contributed by atoms with Gasteiger partial charge in [0.2, 0.25) is 0 Å². The molecule has 3 nitrogen and oxygen atoms in total. The van der Waals surface area contributed by atoms with Crippen LogP contribution in [0.4, 0.5) is 5.69 Å². The third-order valence-corrected chi connectivity index (χ3v) is 4.86. The van der Waals surface area contributed by atoms with E-state index in [0.717, 1.165) is 26.2 Å². The predicted octanol–water partition coefficient (Wildman–Crippen LogP) is 2.89. The van der Waals surface area contributed by atoms with E-state index in [1.54, 1.807) is 0 Å². The first kappa shape index (κ1) is 13.0. The fourth-order valence-corrected chi connectivity index (χ4v) is 3.72. The molecule has 0 unspecified atom stereocenters. The first-order chi connectivity index (χ1) is 10.3. The average Bonchev–Trinajstić information content (AvgIpc) is 2.90. The van der Waals surface area contributed by atoms with Crippen molar-refractivity contribution < 1.29 is 0 Å². The van der Waals surface area contributed by atoms with Crippen LogP contribution in [-0.4, -0.2) is 29.6 Å². The largest absolute Gasteiger partial charge is 0.365 e. The van der Waals surface area contributed by atoms with E-state index in [2.05, 4.69) is 57.8 Å². The summed E-state index contributed by atoms with van der Waals surface area (Å²) in [6, 6.07) is 13.5. The first-order valence-electron chi connectivity index (χ1n) is 8.00. The van der Waals surface area contributed by atoms with Crippen LogP contribution in [0.3, 0.4) is 0 Å². The third kappa shape index (κ3) is 2.36. The summed E-state index contributed by atoms with van der Waals surface area (Å²) >= 11 is 0. The molecule has 3 heteroatoms. The maximum absolute atomic E-state index is 2.56. The predicted molar refractivity (Wildman–Crippen MR) is 86.6 cm³/mol. The highest BCUT2D eigenvalue weighted by Crippen LogP contribution is 2.28. The summed E-state index contributed by atoms with van der Waals surface area (Å²) < 4.78 is 2.53. The number of benzene rings is 1. The van der Waals surface area contributed by atoms with Gasteiger partial charge in [-0.25, -0.2) is 0 Å². The summed E-state index contributed by atoms with van der Waals surface area (Å²) in [6.07, 6.45) is 2.50. The number of hydrogen-bond donors (Lipinski definition) is 0. The highest BCUT2D eigenvalue weighted by Gasteiger charge is 2.20. The van der Waals surface area contributed by atoms with E-state index >= 15 is 0 Å². The van der Waals surface area contributed by atoms with Crippen molar-refractivity contribution in [1.82, 2.24) is 9.47 Å². The first-order valence-corrected chi connectivity index (χ1v) is 8.00. The van der Waals surface area contributed by atoms with E-state index in [1.807, 2.05) is 0 Å². The molecule has 0 N–H and O–H groups in total. The van der Waals surface area contributed by atoms with Crippen molar-refractivity contribution in [1.29, 1.82) is 0 Å². The summed E-state index contributed by atoms with van der Waals surface area (Å²) in [7, 11) is 2.21. The lowest BCUT2D eigenvalue weighted by Gasteiger charge is -2.33. The lowest BCUT2D eigenvalue weighted by molar-refractivity contribution is 0.267. The van der Waals surface area contributed by atoms with Gasteiger partial charge in [-0.3, -0.25) is 4.90 Å². The Morgan fingerprint density at radius 2 is 1.90 bits per heavy atom. The average molecular weight is 281 g/mol. The zero-order valence-electron chi connectivity index (χ0n) is 12.8. The van der Waals surface area contributed by atoms with Crippen LogP contribution in [0, 0.1) is 0 Å². The molecule has 0 saturated carbocycles. The third-order valence-electron chi connectivity index (χ3n) is 4.86. The van der Waals surface area contributed by atoms with Crippen LogP contribution in [0.2, 0.25) is 0 Å². The fourth-order valence-electron chi connectivity index (χ4n) is 3.72. The van der Waals surface area contributed by atoms with Crippen LogP contribution < -0.4 is 4.90 Å². The molecule has 0 atom stereocenters. The van der Waals surface area contributed by atoms with Crippen molar-refractivity contribution in [3.8, 4) is 0 Å². The van der Waals surface area contributed by atoms with Crippen molar-refractivity contribution in [3.05, 3.63) is 53.3 Å². The molecule has 0 bridgehead atoms. The van der Waals surface area contributed by atoms with E-state index in [9.17, 15) is 0 Å². The topological polar surface area (TPSA) is 11.4 Å². The fraction of sp³-hybridized carbons (Fsp3) is 0.444. The second kappa shape index (κ2) is 5.23. The molecule has 3 heterocycles. The Kier molecular flexibility index (Phi) is 3.23. The number of fused-ring (bicyclic) bond motifs is 2. The van der Waals surface area contributed by atoms with Gasteiger partial charge >= 0.3 is 0 Å². The Morgan fingerprint density at radius 3 is 2.86 bits per heavy atom. The zero-order valence-corrected chi connectivity index (χ0v) is 12.8. The number of aryl methyl sites for hydroxylation is 1. The molecule has 2 aromatic rings. The maximum atomic E-state index is 2.56. The molecule has 0 amide bonds. The van der Waals surface area contributed by atoms with Gasteiger partial charge in [0.15, 0.2) is 0 Å². The standard InChI is InChI=1S/C18H23N3/c1-19-11-12-21-16(13-19)8-9-17(21)14-20-10-4-6-15-5-2-3-7-18(15)20/h2-3,5,7-9H,4,6,10-14H2,1H3. The quantitative estimate of drug-likeness (QED) is 0.838. The van der Waals surface area contributed by atoms with E-state index in [-0.39, 0.29) is 0 Å².